The van der Waals surface area contributed by atoms with Gasteiger partial charge in [-0.25, -0.2) is 4.79 Å². The number of hydrogen-bond acceptors (Lipinski definition) is 6. The lowest BCUT2D eigenvalue weighted by Gasteiger charge is -2.16. The summed E-state index contributed by atoms with van der Waals surface area (Å²) < 4.78 is 5.12. The largest absolute Gasteiger partial charge is 0.425 e. The molecule has 7 nitrogen and oxygen atoms in total. The molecule has 0 bridgehead atoms. The molecule has 1 N–H and O–H groups in total. The Morgan fingerprint density at radius 3 is 2.48 bits per heavy atom. The number of thioether (sulfide) groups is 1. The number of nitrogens with zero attached hydrogens (tertiary/aromatic N) is 1. The zero-order valence-electron chi connectivity index (χ0n) is 11.7. The number of benzene rings is 1. The van der Waals surface area contributed by atoms with Crippen molar-refractivity contribution >= 4 is 29.3 Å². The first-order chi connectivity index (χ1) is 9.93. The number of nitro benzene ring substituents is 1. The minimum atomic E-state index is -0.731. The van der Waals surface area contributed by atoms with Gasteiger partial charge in [-0.2, -0.15) is 11.8 Å². The Hall–Kier alpha value is -2.09. The van der Waals surface area contributed by atoms with Crippen molar-refractivity contribution in [3.05, 3.63) is 34.4 Å². The highest BCUT2D eigenvalue weighted by atomic mass is 32.2. The second kappa shape index (κ2) is 8.25. The van der Waals surface area contributed by atoms with Crippen LogP contribution in [0, 0.1) is 10.1 Å². The van der Waals surface area contributed by atoms with Gasteiger partial charge in [0.05, 0.1) is 4.92 Å². The Kier molecular flexibility index (Phi) is 6.67. The van der Waals surface area contributed by atoms with E-state index in [4.69, 9.17) is 4.74 Å². The van der Waals surface area contributed by atoms with Gasteiger partial charge in [0.1, 0.15) is 11.8 Å². The third-order valence-corrected chi connectivity index (χ3v) is 3.18. The lowest BCUT2D eigenvalue weighted by molar-refractivity contribution is -0.384. The highest BCUT2D eigenvalue weighted by Gasteiger charge is 2.21. The highest BCUT2D eigenvalue weighted by Crippen LogP contribution is 2.18. The lowest BCUT2D eigenvalue weighted by Crippen LogP contribution is -2.42. The number of esters is 1. The minimum absolute atomic E-state index is 0.0874. The third kappa shape index (κ3) is 5.82. The molecule has 1 rings (SSSR count). The van der Waals surface area contributed by atoms with E-state index in [9.17, 15) is 19.7 Å². The number of non-ortho nitro benzene ring substituents is 1. The van der Waals surface area contributed by atoms with Gasteiger partial charge in [-0.05, 0) is 30.6 Å². The van der Waals surface area contributed by atoms with Crippen molar-refractivity contribution < 1.29 is 19.2 Å². The van der Waals surface area contributed by atoms with Crippen molar-refractivity contribution in [1.29, 1.82) is 0 Å². The van der Waals surface area contributed by atoms with Crippen LogP contribution in [0.25, 0.3) is 0 Å². The van der Waals surface area contributed by atoms with Gasteiger partial charge in [-0.3, -0.25) is 14.9 Å². The summed E-state index contributed by atoms with van der Waals surface area (Å²) >= 11 is 1.55. The number of nitro groups is 1. The molecule has 0 aromatic heterocycles. The van der Waals surface area contributed by atoms with Crippen molar-refractivity contribution in [3.8, 4) is 5.75 Å². The van der Waals surface area contributed by atoms with Gasteiger partial charge in [-0.15, -0.1) is 0 Å². The van der Waals surface area contributed by atoms with Gasteiger partial charge >= 0.3 is 5.97 Å². The van der Waals surface area contributed by atoms with Crippen LogP contribution in [0.2, 0.25) is 0 Å². The van der Waals surface area contributed by atoms with E-state index in [0.717, 1.165) is 0 Å². The zero-order valence-corrected chi connectivity index (χ0v) is 12.5. The van der Waals surface area contributed by atoms with Crippen molar-refractivity contribution in [3.63, 3.8) is 0 Å². The van der Waals surface area contributed by atoms with Crippen LogP contribution in [0.15, 0.2) is 24.3 Å². The van der Waals surface area contributed by atoms with Gasteiger partial charge in [0.25, 0.3) is 5.69 Å². The monoisotopic (exact) mass is 312 g/mol. The Bertz CT molecular complexity index is 518. The van der Waals surface area contributed by atoms with E-state index in [-0.39, 0.29) is 17.3 Å². The predicted molar refractivity (Wildman–Crippen MR) is 79.3 cm³/mol. The second-order valence-electron chi connectivity index (χ2n) is 4.21. The molecule has 0 spiro atoms. The zero-order chi connectivity index (χ0) is 15.8. The third-order valence-electron chi connectivity index (χ3n) is 2.54. The van der Waals surface area contributed by atoms with Gasteiger partial charge in [0, 0.05) is 19.1 Å². The fourth-order valence-corrected chi connectivity index (χ4v) is 2.02. The van der Waals surface area contributed by atoms with Gasteiger partial charge in [-0.1, -0.05) is 0 Å². The van der Waals surface area contributed by atoms with E-state index in [1.807, 2.05) is 6.26 Å². The van der Waals surface area contributed by atoms with Crippen molar-refractivity contribution in [2.24, 2.45) is 0 Å². The first kappa shape index (κ1) is 17.0. The van der Waals surface area contributed by atoms with Crippen molar-refractivity contribution in [1.82, 2.24) is 5.32 Å². The fraction of sp³-hybridized carbons (Fsp3) is 0.385. The molecule has 0 aliphatic rings. The topological polar surface area (TPSA) is 98.5 Å². The van der Waals surface area contributed by atoms with Crippen LogP contribution in [0.4, 0.5) is 5.69 Å². The maximum atomic E-state index is 12.0. The molecule has 1 unspecified atom stereocenters. The standard InChI is InChI=1S/C13H16N2O5S/c1-9(16)14-12(7-8-21-2)13(17)20-11-5-3-10(4-6-11)15(18)19/h3-6,12H,7-8H2,1-2H3,(H,14,16). The molecule has 1 atom stereocenters. The molecule has 0 saturated carbocycles. The molecule has 114 valence electrons. The maximum Gasteiger partial charge on any atom is 0.334 e. The molecule has 0 heterocycles. The number of hydrogen-bond donors (Lipinski definition) is 1. The number of ether oxygens (including phenoxy) is 1. The number of nitrogens with one attached hydrogen (secondary N) is 1. The summed E-state index contributed by atoms with van der Waals surface area (Å²) in [5.74, 6) is -0.0136. The average molecular weight is 312 g/mol. The summed E-state index contributed by atoms with van der Waals surface area (Å²) in [6.45, 7) is 1.32. The van der Waals surface area contributed by atoms with Crippen LogP contribution in [-0.2, 0) is 9.59 Å². The van der Waals surface area contributed by atoms with Gasteiger partial charge in [0.2, 0.25) is 5.91 Å². The van der Waals surface area contributed by atoms with E-state index in [1.54, 1.807) is 11.8 Å². The van der Waals surface area contributed by atoms with Crippen molar-refractivity contribution in [2.75, 3.05) is 12.0 Å². The Labute approximate surface area is 126 Å². The first-order valence-electron chi connectivity index (χ1n) is 6.16. The number of carbonyl (C=O) groups is 2. The van der Waals surface area contributed by atoms with Gasteiger partial charge in [0.15, 0.2) is 0 Å². The molecule has 21 heavy (non-hydrogen) atoms. The summed E-state index contributed by atoms with van der Waals surface area (Å²) in [5.41, 5.74) is -0.0874. The average Bonchev–Trinajstić information content (AvgIpc) is 2.43. The van der Waals surface area contributed by atoms with Gasteiger partial charge < -0.3 is 10.1 Å². The molecule has 1 amide bonds. The SMILES string of the molecule is CSCCC(NC(C)=O)C(=O)Oc1ccc([N+](=O)[O-])cc1. The molecule has 0 aliphatic heterocycles. The molecule has 0 fully saturated rings. The van der Waals surface area contributed by atoms with Crippen LogP contribution in [-0.4, -0.2) is 34.9 Å². The lowest BCUT2D eigenvalue weighted by atomic mass is 10.2. The molecule has 0 aliphatic carbocycles. The normalized spacial score (nSPS) is 11.5. The molecule has 0 radical (unpaired) electrons. The molecule has 1 aromatic carbocycles. The van der Waals surface area contributed by atoms with E-state index < -0.39 is 16.9 Å². The molecule has 1 aromatic rings. The Balaban J connectivity index is 2.70. The summed E-state index contributed by atoms with van der Waals surface area (Å²) in [6.07, 6.45) is 2.35. The van der Waals surface area contributed by atoms with Crippen LogP contribution in [0.3, 0.4) is 0 Å². The van der Waals surface area contributed by atoms with Crippen LogP contribution < -0.4 is 10.1 Å². The smallest absolute Gasteiger partial charge is 0.334 e. The number of rotatable bonds is 7. The van der Waals surface area contributed by atoms with E-state index >= 15 is 0 Å². The predicted octanol–water partition coefficient (Wildman–Crippen LogP) is 1.76. The van der Waals surface area contributed by atoms with Crippen LogP contribution in [0.5, 0.6) is 5.75 Å². The summed E-state index contributed by atoms with van der Waals surface area (Å²) in [6, 6.07) is 4.45. The summed E-state index contributed by atoms with van der Waals surface area (Å²) in [5, 5.41) is 13.1. The summed E-state index contributed by atoms with van der Waals surface area (Å²) in [4.78, 5) is 33.1. The Morgan fingerprint density at radius 2 is 2.00 bits per heavy atom. The number of amides is 1. The minimum Gasteiger partial charge on any atom is -0.425 e. The van der Waals surface area contributed by atoms with E-state index in [2.05, 4.69) is 5.32 Å². The number of carbonyl (C=O) groups excluding carboxylic acids is 2. The molecular weight excluding hydrogens is 296 g/mol. The molecule has 0 saturated heterocycles. The summed E-state index contributed by atoms with van der Waals surface area (Å²) in [7, 11) is 0. The maximum absolute atomic E-state index is 12.0. The quantitative estimate of drug-likeness (QED) is 0.356. The first-order valence-corrected chi connectivity index (χ1v) is 7.55. The fourth-order valence-electron chi connectivity index (χ4n) is 1.55. The second-order valence-corrected chi connectivity index (χ2v) is 5.19. The van der Waals surface area contributed by atoms with Crippen LogP contribution >= 0.6 is 11.8 Å². The van der Waals surface area contributed by atoms with Crippen LogP contribution in [0.1, 0.15) is 13.3 Å². The highest BCUT2D eigenvalue weighted by molar-refractivity contribution is 7.98. The Morgan fingerprint density at radius 1 is 1.38 bits per heavy atom. The molecule has 8 heteroatoms. The van der Waals surface area contributed by atoms with Crippen molar-refractivity contribution in [2.45, 2.75) is 19.4 Å². The van der Waals surface area contributed by atoms with E-state index in [1.165, 1.54) is 31.2 Å². The van der Waals surface area contributed by atoms with E-state index in [0.29, 0.717) is 12.2 Å². The molecular formula is C13H16N2O5S.